The van der Waals surface area contributed by atoms with Gasteiger partial charge in [0.25, 0.3) is 0 Å². The van der Waals surface area contributed by atoms with E-state index in [-0.39, 0.29) is 0 Å². The van der Waals surface area contributed by atoms with E-state index in [0.717, 1.165) is 18.7 Å². The molecule has 3 heteroatoms. The van der Waals surface area contributed by atoms with Gasteiger partial charge in [-0.1, -0.05) is 43.3 Å². The third kappa shape index (κ3) is 3.14. The van der Waals surface area contributed by atoms with Crippen LogP contribution in [0.2, 0.25) is 0 Å². The van der Waals surface area contributed by atoms with E-state index >= 15 is 0 Å². The summed E-state index contributed by atoms with van der Waals surface area (Å²) in [5.74, 6) is 0. The second-order valence-corrected chi connectivity index (χ2v) is 5.40. The van der Waals surface area contributed by atoms with Crippen molar-refractivity contribution in [3.05, 3.63) is 66.0 Å². The Morgan fingerprint density at radius 3 is 2.62 bits per heavy atom. The predicted octanol–water partition coefficient (Wildman–Crippen LogP) is 3.47. The fourth-order valence-electron chi connectivity index (χ4n) is 2.76. The lowest BCUT2D eigenvalue weighted by atomic mass is 9.98. The molecule has 0 bridgehead atoms. The zero-order chi connectivity index (χ0) is 14.7. The molecule has 3 nitrogen and oxygen atoms in total. The van der Waals surface area contributed by atoms with Gasteiger partial charge in [-0.15, -0.1) is 0 Å². The number of nitrogens with one attached hydrogen (secondary N) is 1. The lowest BCUT2D eigenvalue weighted by Crippen LogP contribution is -2.23. The van der Waals surface area contributed by atoms with Crippen molar-refractivity contribution in [2.45, 2.75) is 19.4 Å². The van der Waals surface area contributed by atoms with Gasteiger partial charge in [0.1, 0.15) is 0 Å². The van der Waals surface area contributed by atoms with Crippen molar-refractivity contribution < 1.29 is 0 Å². The van der Waals surface area contributed by atoms with E-state index in [1.165, 1.54) is 16.3 Å². The molecule has 1 aromatic heterocycles. The molecule has 1 atom stereocenters. The highest BCUT2D eigenvalue weighted by Gasteiger charge is 2.13. The molecule has 0 saturated heterocycles. The molecule has 0 aliphatic carbocycles. The summed E-state index contributed by atoms with van der Waals surface area (Å²) in [4.78, 5) is 0. The highest BCUT2D eigenvalue weighted by atomic mass is 15.2. The minimum absolute atomic E-state index is 0.300. The zero-order valence-corrected chi connectivity index (χ0v) is 12.6. The Morgan fingerprint density at radius 2 is 1.90 bits per heavy atom. The third-order valence-corrected chi connectivity index (χ3v) is 3.81. The van der Waals surface area contributed by atoms with Gasteiger partial charge in [-0.2, -0.15) is 5.10 Å². The van der Waals surface area contributed by atoms with Crippen molar-refractivity contribution in [2.75, 3.05) is 6.54 Å². The molecule has 21 heavy (non-hydrogen) atoms. The Balaban J connectivity index is 1.90. The molecule has 0 radical (unpaired) electrons. The number of hydrogen-bond donors (Lipinski definition) is 1. The van der Waals surface area contributed by atoms with E-state index in [4.69, 9.17) is 0 Å². The summed E-state index contributed by atoms with van der Waals surface area (Å²) in [5.41, 5.74) is 2.44. The van der Waals surface area contributed by atoms with Crippen LogP contribution in [0.3, 0.4) is 0 Å². The monoisotopic (exact) mass is 279 g/mol. The van der Waals surface area contributed by atoms with Gasteiger partial charge in [0.15, 0.2) is 0 Å². The van der Waals surface area contributed by atoms with Gasteiger partial charge in [0.2, 0.25) is 0 Å². The molecule has 0 aliphatic rings. The second-order valence-electron chi connectivity index (χ2n) is 5.40. The maximum Gasteiger partial charge on any atom is 0.0643 e. The van der Waals surface area contributed by atoms with E-state index in [1.807, 2.05) is 17.9 Å². The molecular formula is C18H21N3. The number of hydrogen-bond acceptors (Lipinski definition) is 2. The molecule has 2 aromatic carbocycles. The number of likely N-dealkylation sites (N-methyl/N-ethyl adjacent to an activating group) is 1. The fraction of sp³-hybridized carbons (Fsp3) is 0.278. The van der Waals surface area contributed by atoms with E-state index in [0.29, 0.717) is 6.04 Å². The van der Waals surface area contributed by atoms with Crippen molar-refractivity contribution in [1.29, 1.82) is 0 Å². The average Bonchev–Trinajstić information content (AvgIpc) is 2.91. The Morgan fingerprint density at radius 1 is 1.10 bits per heavy atom. The van der Waals surface area contributed by atoms with Crippen LogP contribution in [-0.2, 0) is 13.5 Å². The molecule has 1 unspecified atom stereocenters. The Labute approximate surface area is 125 Å². The van der Waals surface area contributed by atoms with E-state index in [1.54, 1.807) is 0 Å². The van der Waals surface area contributed by atoms with Crippen LogP contribution in [0.1, 0.15) is 24.2 Å². The van der Waals surface area contributed by atoms with E-state index < -0.39 is 0 Å². The molecule has 108 valence electrons. The van der Waals surface area contributed by atoms with Crippen LogP contribution < -0.4 is 5.32 Å². The average molecular weight is 279 g/mol. The predicted molar refractivity (Wildman–Crippen MR) is 87.3 cm³/mol. The molecular weight excluding hydrogens is 258 g/mol. The molecule has 1 N–H and O–H groups in total. The normalized spacial score (nSPS) is 12.7. The largest absolute Gasteiger partial charge is 0.310 e. The van der Waals surface area contributed by atoms with Crippen LogP contribution >= 0.6 is 0 Å². The summed E-state index contributed by atoms with van der Waals surface area (Å²) in [6, 6.07) is 17.6. The molecule has 0 saturated carbocycles. The lowest BCUT2D eigenvalue weighted by molar-refractivity contribution is 0.540. The molecule has 0 spiro atoms. The first-order valence-electron chi connectivity index (χ1n) is 7.47. The number of nitrogens with zero attached hydrogens (tertiary/aromatic N) is 2. The van der Waals surface area contributed by atoms with E-state index in [2.05, 4.69) is 65.9 Å². The lowest BCUT2D eigenvalue weighted by Gasteiger charge is -2.18. The molecule has 3 aromatic rings. The highest BCUT2D eigenvalue weighted by molar-refractivity contribution is 5.83. The zero-order valence-electron chi connectivity index (χ0n) is 12.6. The first kappa shape index (κ1) is 13.8. The maximum atomic E-state index is 4.50. The van der Waals surface area contributed by atoms with Gasteiger partial charge in [0.05, 0.1) is 5.69 Å². The number of aromatic nitrogens is 2. The first-order chi connectivity index (χ1) is 10.3. The Bertz CT molecular complexity index is 730. The third-order valence-electron chi connectivity index (χ3n) is 3.81. The van der Waals surface area contributed by atoms with Crippen LogP contribution in [0.15, 0.2) is 54.7 Å². The molecule has 0 aliphatic heterocycles. The second kappa shape index (κ2) is 6.10. The summed E-state index contributed by atoms with van der Waals surface area (Å²) < 4.78 is 1.86. The van der Waals surface area contributed by atoms with E-state index in [9.17, 15) is 0 Å². The molecule has 0 amide bonds. The molecule has 1 heterocycles. The Hall–Kier alpha value is -2.13. The van der Waals surface area contributed by atoms with Crippen molar-refractivity contribution >= 4 is 10.8 Å². The highest BCUT2D eigenvalue weighted by Crippen LogP contribution is 2.22. The number of fused-ring (bicyclic) bond motifs is 1. The van der Waals surface area contributed by atoms with Gasteiger partial charge < -0.3 is 5.32 Å². The maximum absolute atomic E-state index is 4.50. The van der Waals surface area contributed by atoms with Crippen LogP contribution in [0.25, 0.3) is 10.8 Å². The first-order valence-corrected chi connectivity index (χ1v) is 7.47. The summed E-state index contributed by atoms with van der Waals surface area (Å²) >= 11 is 0. The van der Waals surface area contributed by atoms with Crippen molar-refractivity contribution in [3.8, 4) is 0 Å². The summed E-state index contributed by atoms with van der Waals surface area (Å²) in [6.07, 6.45) is 2.91. The molecule has 3 rings (SSSR count). The summed E-state index contributed by atoms with van der Waals surface area (Å²) in [7, 11) is 1.96. The van der Waals surface area contributed by atoms with Crippen LogP contribution in [0.4, 0.5) is 0 Å². The minimum atomic E-state index is 0.300. The number of benzene rings is 2. The van der Waals surface area contributed by atoms with Gasteiger partial charge >= 0.3 is 0 Å². The van der Waals surface area contributed by atoms with Crippen molar-refractivity contribution in [1.82, 2.24) is 15.1 Å². The van der Waals surface area contributed by atoms with Crippen LogP contribution in [0.5, 0.6) is 0 Å². The van der Waals surface area contributed by atoms with Gasteiger partial charge in [-0.25, -0.2) is 0 Å². The summed E-state index contributed by atoms with van der Waals surface area (Å²) in [5, 5.41) is 10.6. The standard InChI is InChI=1S/C18H21N3/c1-3-19-18(13-17-10-11-21(2)20-17)16-9-8-14-6-4-5-7-15(14)12-16/h4-12,18-19H,3,13H2,1-2H3. The van der Waals surface area contributed by atoms with Gasteiger partial charge in [0, 0.05) is 25.7 Å². The molecule has 0 fully saturated rings. The fourth-order valence-corrected chi connectivity index (χ4v) is 2.76. The topological polar surface area (TPSA) is 29.9 Å². The quantitative estimate of drug-likeness (QED) is 0.775. The van der Waals surface area contributed by atoms with Gasteiger partial charge in [-0.05, 0) is 35.0 Å². The SMILES string of the molecule is CCNC(Cc1ccn(C)n1)c1ccc2ccccc2c1. The smallest absolute Gasteiger partial charge is 0.0643 e. The van der Waals surface area contributed by atoms with Crippen LogP contribution in [-0.4, -0.2) is 16.3 Å². The Kier molecular flexibility index (Phi) is 4.02. The van der Waals surface area contributed by atoms with Crippen LogP contribution in [0, 0.1) is 0 Å². The number of aryl methyl sites for hydroxylation is 1. The minimum Gasteiger partial charge on any atom is -0.310 e. The van der Waals surface area contributed by atoms with Gasteiger partial charge in [-0.3, -0.25) is 4.68 Å². The summed E-state index contributed by atoms with van der Waals surface area (Å²) in [6.45, 7) is 3.09. The number of rotatable bonds is 5. The van der Waals surface area contributed by atoms with Crippen molar-refractivity contribution in [2.24, 2.45) is 7.05 Å². The van der Waals surface area contributed by atoms with Crippen molar-refractivity contribution in [3.63, 3.8) is 0 Å².